The van der Waals surface area contributed by atoms with Gasteiger partial charge in [0, 0.05) is 13.0 Å². The third-order valence-electron chi connectivity index (χ3n) is 5.14. The standard InChI is InChI=1S/C22H27F3N2O2/c1-2-3-4-5-6-13-29-19-10-9-16-14-18(8-7-17(16)15-19)21(22(23,24)25)27-12-11-20(28)26-27/h7-10,14-15,21H,2-6,11-13H2,1H3,(H,26,28)/t21-/m0/s1. The zero-order valence-corrected chi connectivity index (χ0v) is 16.6. The number of rotatable bonds is 9. The first-order valence-electron chi connectivity index (χ1n) is 10.2. The van der Waals surface area contributed by atoms with Crippen LogP contribution in [0, 0.1) is 0 Å². The van der Waals surface area contributed by atoms with E-state index in [9.17, 15) is 18.0 Å². The molecule has 7 heteroatoms. The van der Waals surface area contributed by atoms with Crippen LogP contribution < -0.4 is 10.2 Å². The molecule has 1 aliphatic heterocycles. The number of hydrazine groups is 1. The van der Waals surface area contributed by atoms with Gasteiger partial charge in [-0.3, -0.25) is 10.2 Å². The lowest BCUT2D eigenvalue weighted by atomic mass is 10.0. The van der Waals surface area contributed by atoms with Crippen LogP contribution in [0.4, 0.5) is 13.2 Å². The quantitative estimate of drug-likeness (QED) is 0.555. The molecule has 158 valence electrons. The Morgan fingerprint density at radius 2 is 1.79 bits per heavy atom. The summed E-state index contributed by atoms with van der Waals surface area (Å²) in [5, 5.41) is 2.50. The zero-order valence-electron chi connectivity index (χ0n) is 16.6. The van der Waals surface area contributed by atoms with Crippen LogP contribution in [0.25, 0.3) is 10.8 Å². The van der Waals surface area contributed by atoms with Gasteiger partial charge in [0.05, 0.1) is 6.61 Å². The van der Waals surface area contributed by atoms with Gasteiger partial charge in [-0.1, -0.05) is 50.8 Å². The monoisotopic (exact) mass is 408 g/mol. The molecule has 2 aromatic carbocycles. The van der Waals surface area contributed by atoms with Crippen LogP contribution in [0.2, 0.25) is 0 Å². The first-order valence-corrected chi connectivity index (χ1v) is 10.2. The molecular formula is C22H27F3N2O2. The number of carbonyl (C=O) groups excluding carboxylic acids is 1. The number of carbonyl (C=O) groups is 1. The first kappa shape index (κ1) is 21.4. The fourth-order valence-corrected chi connectivity index (χ4v) is 3.63. The number of amides is 1. The molecule has 1 atom stereocenters. The molecule has 0 bridgehead atoms. The van der Waals surface area contributed by atoms with Crippen LogP contribution in [-0.4, -0.2) is 30.2 Å². The van der Waals surface area contributed by atoms with Crippen molar-refractivity contribution in [3.05, 3.63) is 42.0 Å². The van der Waals surface area contributed by atoms with Crippen molar-refractivity contribution < 1.29 is 22.7 Å². The van der Waals surface area contributed by atoms with E-state index < -0.39 is 18.1 Å². The van der Waals surface area contributed by atoms with E-state index in [1.54, 1.807) is 18.2 Å². The average Bonchev–Trinajstić information content (AvgIpc) is 3.09. The number of alkyl halides is 3. The Bertz CT molecular complexity index is 838. The highest BCUT2D eigenvalue weighted by molar-refractivity contribution is 5.84. The van der Waals surface area contributed by atoms with E-state index in [0.717, 1.165) is 29.0 Å². The fourth-order valence-electron chi connectivity index (χ4n) is 3.63. The Morgan fingerprint density at radius 1 is 1.07 bits per heavy atom. The van der Waals surface area contributed by atoms with Crippen molar-refractivity contribution in [1.29, 1.82) is 0 Å². The number of fused-ring (bicyclic) bond motifs is 1. The van der Waals surface area contributed by atoms with E-state index in [1.165, 1.54) is 31.4 Å². The number of nitrogens with one attached hydrogen (secondary N) is 1. The second-order valence-electron chi connectivity index (χ2n) is 7.45. The lowest BCUT2D eigenvalue weighted by Crippen LogP contribution is -2.43. The summed E-state index contributed by atoms with van der Waals surface area (Å²) in [6.45, 7) is 2.85. The number of hydrogen-bond acceptors (Lipinski definition) is 3. The fraction of sp³-hybridized carbons (Fsp3) is 0.500. The molecular weight excluding hydrogens is 381 g/mol. The molecule has 0 spiro atoms. The largest absolute Gasteiger partial charge is 0.494 e. The summed E-state index contributed by atoms with van der Waals surface area (Å²) < 4.78 is 46.8. The van der Waals surface area contributed by atoms with Crippen LogP contribution in [0.5, 0.6) is 5.75 Å². The van der Waals surface area contributed by atoms with Crippen molar-refractivity contribution in [2.24, 2.45) is 0 Å². The second kappa shape index (κ2) is 9.48. The number of benzene rings is 2. The summed E-state index contributed by atoms with van der Waals surface area (Å²) in [6, 6.07) is 8.24. The average molecular weight is 408 g/mol. The summed E-state index contributed by atoms with van der Waals surface area (Å²) in [6.07, 6.45) is 1.34. The molecule has 2 aromatic rings. The summed E-state index contributed by atoms with van der Waals surface area (Å²) in [7, 11) is 0. The van der Waals surface area contributed by atoms with E-state index in [0.29, 0.717) is 12.0 Å². The van der Waals surface area contributed by atoms with Crippen LogP contribution in [0.15, 0.2) is 36.4 Å². The summed E-state index contributed by atoms with van der Waals surface area (Å²) in [5.74, 6) is 0.330. The smallest absolute Gasteiger partial charge is 0.409 e. The molecule has 1 aliphatic rings. The van der Waals surface area contributed by atoms with Crippen LogP contribution >= 0.6 is 0 Å². The second-order valence-corrected chi connectivity index (χ2v) is 7.45. The molecule has 0 saturated carbocycles. The highest BCUT2D eigenvalue weighted by Gasteiger charge is 2.46. The number of unbranched alkanes of at least 4 members (excludes halogenated alkanes) is 4. The molecule has 0 aromatic heterocycles. The molecule has 0 radical (unpaired) electrons. The van der Waals surface area contributed by atoms with Gasteiger partial charge in [-0.15, -0.1) is 0 Å². The third kappa shape index (κ3) is 5.63. The van der Waals surface area contributed by atoms with Crippen molar-refractivity contribution in [1.82, 2.24) is 10.4 Å². The highest BCUT2D eigenvalue weighted by atomic mass is 19.4. The van der Waals surface area contributed by atoms with Gasteiger partial charge in [-0.05, 0) is 41.0 Å². The van der Waals surface area contributed by atoms with Crippen molar-refractivity contribution in [2.45, 2.75) is 57.7 Å². The molecule has 1 amide bonds. The third-order valence-corrected chi connectivity index (χ3v) is 5.14. The number of nitrogens with zero attached hydrogens (tertiary/aromatic N) is 1. The van der Waals surface area contributed by atoms with Gasteiger partial charge in [-0.2, -0.15) is 13.2 Å². The van der Waals surface area contributed by atoms with E-state index in [-0.39, 0.29) is 18.5 Å². The topological polar surface area (TPSA) is 41.6 Å². The maximum Gasteiger partial charge on any atom is 0.409 e. The zero-order chi connectivity index (χ0) is 20.9. The minimum absolute atomic E-state index is 0.0338. The van der Waals surface area contributed by atoms with E-state index in [4.69, 9.17) is 4.74 Å². The van der Waals surface area contributed by atoms with E-state index in [2.05, 4.69) is 12.3 Å². The normalized spacial score (nSPS) is 16.2. The van der Waals surface area contributed by atoms with Gasteiger partial charge in [0.25, 0.3) is 0 Å². The van der Waals surface area contributed by atoms with Crippen LogP contribution in [-0.2, 0) is 4.79 Å². The summed E-state index contributed by atoms with van der Waals surface area (Å²) in [5.41, 5.74) is 2.42. The molecule has 0 aliphatic carbocycles. The van der Waals surface area contributed by atoms with Gasteiger partial charge in [0.15, 0.2) is 0 Å². The Balaban J connectivity index is 1.71. The SMILES string of the molecule is CCCCCCCOc1ccc2cc([C@H](N3CCC(=O)N3)C(F)(F)F)ccc2c1. The molecule has 29 heavy (non-hydrogen) atoms. The molecule has 1 saturated heterocycles. The van der Waals surface area contributed by atoms with Gasteiger partial charge in [0.1, 0.15) is 11.8 Å². The minimum atomic E-state index is -4.49. The maximum absolute atomic E-state index is 13.7. The predicted octanol–water partition coefficient (Wildman–Crippen LogP) is 5.53. The molecule has 3 rings (SSSR count). The molecule has 1 heterocycles. The molecule has 4 nitrogen and oxygen atoms in total. The van der Waals surface area contributed by atoms with Gasteiger partial charge >= 0.3 is 6.18 Å². The Morgan fingerprint density at radius 3 is 2.48 bits per heavy atom. The van der Waals surface area contributed by atoms with Crippen LogP contribution in [0.3, 0.4) is 0 Å². The van der Waals surface area contributed by atoms with Gasteiger partial charge in [-0.25, -0.2) is 5.01 Å². The van der Waals surface area contributed by atoms with Crippen LogP contribution in [0.1, 0.15) is 57.1 Å². The van der Waals surface area contributed by atoms with Crippen molar-refractivity contribution >= 4 is 16.7 Å². The Hall–Kier alpha value is -2.28. The van der Waals surface area contributed by atoms with Gasteiger partial charge < -0.3 is 4.74 Å². The van der Waals surface area contributed by atoms with Crippen molar-refractivity contribution in [3.63, 3.8) is 0 Å². The molecule has 0 unspecified atom stereocenters. The summed E-state index contributed by atoms with van der Waals surface area (Å²) in [4.78, 5) is 11.4. The number of hydrogen-bond donors (Lipinski definition) is 1. The Kier molecular flexibility index (Phi) is 7.00. The molecule has 1 N–H and O–H groups in total. The molecule has 1 fully saturated rings. The van der Waals surface area contributed by atoms with Crippen molar-refractivity contribution in [2.75, 3.05) is 13.2 Å². The van der Waals surface area contributed by atoms with E-state index >= 15 is 0 Å². The number of ether oxygens (including phenoxy) is 1. The highest BCUT2D eigenvalue weighted by Crippen LogP contribution is 2.39. The minimum Gasteiger partial charge on any atom is -0.494 e. The summed E-state index contributed by atoms with van der Waals surface area (Å²) >= 11 is 0. The van der Waals surface area contributed by atoms with Gasteiger partial charge in [0.2, 0.25) is 5.91 Å². The Labute approximate surface area is 169 Å². The lowest BCUT2D eigenvalue weighted by molar-refractivity contribution is -0.191. The number of halogens is 3. The lowest BCUT2D eigenvalue weighted by Gasteiger charge is -2.29. The van der Waals surface area contributed by atoms with Crippen molar-refractivity contribution in [3.8, 4) is 5.75 Å². The van der Waals surface area contributed by atoms with E-state index in [1.807, 2.05) is 6.07 Å². The maximum atomic E-state index is 13.7. The first-order chi connectivity index (χ1) is 13.9. The predicted molar refractivity (Wildman–Crippen MR) is 106 cm³/mol.